The van der Waals surface area contributed by atoms with Crippen molar-refractivity contribution >= 4 is 28.8 Å². The number of aromatic nitrogens is 2. The van der Waals surface area contributed by atoms with E-state index >= 15 is 0 Å². The summed E-state index contributed by atoms with van der Waals surface area (Å²) in [6, 6.07) is 4.39. The van der Waals surface area contributed by atoms with Crippen LogP contribution in [0.3, 0.4) is 0 Å². The molecule has 174 valence electrons. The third kappa shape index (κ3) is 4.77. The van der Waals surface area contributed by atoms with Gasteiger partial charge in [0.15, 0.2) is 0 Å². The summed E-state index contributed by atoms with van der Waals surface area (Å²) in [5.41, 5.74) is 1.30. The van der Waals surface area contributed by atoms with Gasteiger partial charge in [0.1, 0.15) is 17.8 Å². The second kappa shape index (κ2) is 9.48. The van der Waals surface area contributed by atoms with Gasteiger partial charge in [-0.1, -0.05) is 0 Å². The number of rotatable bonds is 5. The van der Waals surface area contributed by atoms with E-state index in [-0.39, 0.29) is 23.8 Å². The fourth-order valence-electron chi connectivity index (χ4n) is 5.00. The maximum Gasteiger partial charge on any atom is 0.405 e. The van der Waals surface area contributed by atoms with Gasteiger partial charge in [-0.05, 0) is 56.6 Å². The lowest BCUT2D eigenvalue weighted by molar-refractivity contribution is -0.135. The van der Waals surface area contributed by atoms with Crippen LogP contribution in [-0.4, -0.2) is 62.1 Å². The van der Waals surface area contributed by atoms with Crippen molar-refractivity contribution in [2.24, 2.45) is 13.0 Å². The Bertz CT molecular complexity index is 1100. The Morgan fingerprint density at radius 2 is 2.00 bits per heavy atom. The highest BCUT2D eigenvalue weighted by atomic mass is 16.4. The summed E-state index contributed by atoms with van der Waals surface area (Å²) in [5, 5.41) is 25.0. The number of nitrogens with one attached hydrogen (secondary N) is 2. The van der Waals surface area contributed by atoms with E-state index < -0.39 is 18.2 Å². The molecule has 1 saturated heterocycles. The predicted molar refractivity (Wildman–Crippen MR) is 119 cm³/mol. The Morgan fingerprint density at radius 1 is 1.24 bits per heavy atom. The molecule has 10 nitrogen and oxygen atoms in total. The fourth-order valence-corrected chi connectivity index (χ4v) is 5.00. The van der Waals surface area contributed by atoms with Crippen LogP contribution in [0.5, 0.6) is 0 Å². The lowest BCUT2D eigenvalue weighted by Crippen LogP contribution is -2.54. The summed E-state index contributed by atoms with van der Waals surface area (Å²) in [5.74, 6) is -0.746. The largest absolute Gasteiger partial charge is 0.465 e. The first-order valence-corrected chi connectivity index (χ1v) is 11.3. The van der Waals surface area contributed by atoms with Crippen molar-refractivity contribution in [2.45, 2.75) is 56.7 Å². The van der Waals surface area contributed by atoms with Crippen LogP contribution in [0.15, 0.2) is 24.5 Å². The highest BCUT2D eigenvalue weighted by molar-refractivity contribution is 5.96. The lowest BCUT2D eigenvalue weighted by atomic mass is 9.81. The number of hydrogen-bond acceptors (Lipinski definition) is 5. The maximum atomic E-state index is 13.1. The Hall–Kier alpha value is -3.61. The Balaban J connectivity index is 1.37. The highest BCUT2D eigenvalue weighted by Gasteiger charge is 2.39. The molecular weight excluding hydrogens is 424 g/mol. The van der Waals surface area contributed by atoms with Crippen molar-refractivity contribution in [3.8, 4) is 6.07 Å². The number of likely N-dealkylation sites (tertiary alicyclic amines) is 1. The van der Waals surface area contributed by atoms with Gasteiger partial charge in [0, 0.05) is 31.2 Å². The predicted octanol–water partition coefficient (Wildman–Crippen LogP) is 2.01. The molecule has 3 amide bonds. The van der Waals surface area contributed by atoms with Crippen LogP contribution in [0.25, 0.3) is 10.9 Å². The number of carbonyl (C=O) groups is 3. The molecule has 3 heterocycles. The molecule has 2 fully saturated rings. The number of nitrogens with zero attached hydrogens (tertiary/aromatic N) is 4. The van der Waals surface area contributed by atoms with E-state index in [1.807, 2.05) is 23.9 Å². The Labute approximate surface area is 191 Å². The molecule has 10 heteroatoms. The smallest absolute Gasteiger partial charge is 0.405 e. The monoisotopic (exact) mass is 452 g/mol. The molecule has 0 unspecified atom stereocenters. The van der Waals surface area contributed by atoms with Gasteiger partial charge in [-0.25, -0.2) is 9.78 Å². The molecule has 0 spiro atoms. The van der Waals surface area contributed by atoms with E-state index in [0.29, 0.717) is 44.3 Å². The molecule has 0 radical (unpaired) electrons. The molecule has 2 aromatic rings. The third-order valence-corrected chi connectivity index (χ3v) is 6.81. The average Bonchev–Trinajstić information content (AvgIpc) is 3.44. The number of pyridine rings is 1. The molecule has 1 saturated carbocycles. The van der Waals surface area contributed by atoms with E-state index in [1.165, 1.54) is 4.90 Å². The number of aryl methyl sites for hydroxylation is 1. The number of amides is 3. The molecule has 33 heavy (non-hydrogen) atoms. The van der Waals surface area contributed by atoms with Gasteiger partial charge in [-0.3, -0.25) is 9.59 Å². The first kappa shape index (κ1) is 22.6. The minimum Gasteiger partial charge on any atom is -0.465 e. The van der Waals surface area contributed by atoms with Gasteiger partial charge < -0.3 is 25.2 Å². The minimum absolute atomic E-state index is 0.0683. The number of hydrogen-bond donors (Lipinski definition) is 3. The summed E-state index contributed by atoms with van der Waals surface area (Å²) in [4.78, 5) is 42.9. The average molecular weight is 453 g/mol. The van der Waals surface area contributed by atoms with Crippen molar-refractivity contribution in [1.29, 1.82) is 5.26 Å². The second-order valence-electron chi connectivity index (χ2n) is 8.89. The Morgan fingerprint density at radius 3 is 2.70 bits per heavy atom. The van der Waals surface area contributed by atoms with Gasteiger partial charge in [-0.2, -0.15) is 5.26 Å². The zero-order valence-corrected chi connectivity index (χ0v) is 18.5. The lowest BCUT2D eigenvalue weighted by Gasteiger charge is -2.35. The van der Waals surface area contributed by atoms with Crippen molar-refractivity contribution in [3.63, 3.8) is 0 Å². The summed E-state index contributed by atoms with van der Waals surface area (Å²) in [7, 11) is 1.92. The number of fused-ring (bicyclic) bond motifs is 1. The number of carboxylic acid groups (broad SMARTS) is 1. The normalized spacial score (nSPS) is 23.6. The van der Waals surface area contributed by atoms with Gasteiger partial charge in [0.25, 0.3) is 5.91 Å². The van der Waals surface area contributed by atoms with Gasteiger partial charge >= 0.3 is 6.09 Å². The summed E-state index contributed by atoms with van der Waals surface area (Å²) in [6.45, 7) is 0.471. The summed E-state index contributed by atoms with van der Waals surface area (Å²) >= 11 is 0. The second-order valence-corrected chi connectivity index (χ2v) is 8.89. The number of nitriles is 1. The molecule has 4 rings (SSSR count). The highest BCUT2D eigenvalue weighted by Crippen LogP contribution is 2.30. The first-order valence-electron chi connectivity index (χ1n) is 11.3. The quantitative estimate of drug-likeness (QED) is 0.634. The molecule has 0 bridgehead atoms. The first-order chi connectivity index (χ1) is 15.9. The van der Waals surface area contributed by atoms with Crippen molar-refractivity contribution in [3.05, 3.63) is 30.2 Å². The minimum atomic E-state index is -1.25. The summed E-state index contributed by atoms with van der Waals surface area (Å²) < 4.78 is 1.94. The molecule has 2 aromatic heterocycles. The molecule has 2 atom stereocenters. The fraction of sp³-hybridized carbons (Fsp3) is 0.522. The van der Waals surface area contributed by atoms with Crippen molar-refractivity contribution < 1.29 is 19.5 Å². The van der Waals surface area contributed by atoms with E-state index in [9.17, 15) is 24.8 Å². The standard InChI is InChI=1S/C23H28N6O4/c1-28-10-8-15-11-18(25-13-19(15)28)21(30)26-16-6-4-14(5-7-16)20(27-23(32)33)22(31)29-9-2-3-17(29)12-24/h8,10-11,13-14,16-17,20,27H,2-7,9H2,1H3,(H,26,30)(H,32,33)/t14?,16?,17-,20-/m0/s1. The SMILES string of the molecule is Cn1ccc2cc(C(=O)NC3CCC([C@H](NC(=O)O)C(=O)N4CCC[C@H]4C#N)CC3)ncc21. The van der Waals surface area contributed by atoms with E-state index in [2.05, 4.69) is 21.7 Å². The van der Waals surface area contributed by atoms with E-state index in [0.717, 1.165) is 17.3 Å². The van der Waals surface area contributed by atoms with E-state index in [4.69, 9.17) is 0 Å². The summed E-state index contributed by atoms with van der Waals surface area (Å²) in [6.07, 6.45) is 6.16. The Kier molecular flexibility index (Phi) is 6.49. The van der Waals surface area contributed by atoms with Gasteiger partial charge in [-0.15, -0.1) is 0 Å². The van der Waals surface area contributed by atoms with Crippen LogP contribution in [-0.2, 0) is 11.8 Å². The maximum absolute atomic E-state index is 13.1. The molecule has 0 aromatic carbocycles. The van der Waals surface area contributed by atoms with Crippen LogP contribution in [0.4, 0.5) is 4.79 Å². The topological polar surface area (TPSA) is 140 Å². The van der Waals surface area contributed by atoms with Crippen molar-refractivity contribution in [2.75, 3.05) is 6.54 Å². The van der Waals surface area contributed by atoms with Crippen LogP contribution in [0.1, 0.15) is 49.0 Å². The van der Waals surface area contributed by atoms with Gasteiger partial charge in [0.2, 0.25) is 5.91 Å². The van der Waals surface area contributed by atoms with Crippen molar-refractivity contribution in [1.82, 2.24) is 25.1 Å². The third-order valence-electron chi connectivity index (χ3n) is 6.81. The molecule has 1 aliphatic carbocycles. The van der Waals surface area contributed by atoms with Crippen LogP contribution in [0.2, 0.25) is 0 Å². The molecular formula is C23H28N6O4. The van der Waals surface area contributed by atoms with Crippen LogP contribution in [0, 0.1) is 17.2 Å². The molecule has 2 aliphatic rings. The van der Waals surface area contributed by atoms with Crippen LogP contribution < -0.4 is 10.6 Å². The molecule has 3 N–H and O–H groups in total. The molecule has 1 aliphatic heterocycles. The zero-order valence-electron chi connectivity index (χ0n) is 18.5. The van der Waals surface area contributed by atoms with Crippen LogP contribution >= 0.6 is 0 Å². The zero-order chi connectivity index (χ0) is 23.5. The van der Waals surface area contributed by atoms with Gasteiger partial charge in [0.05, 0.1) is 17.8 Å². The van der Waals surface area contributed by atoms with E-state index in [1.54, 1.807) is 12.3 Å². The number of carbonyl (C=O) groups excluding carboxylic acids is 2.